The second-order valence-corrected chi connectivity index (χ2v) is 5.29. The molecule has 14 heavy (non-hydrogen) atoms. The van der Waals surface area contributed by atoms with E-state index in [0.29, 0.717) is 39.2 Å². The van der Waals surface area contributed by atoms with Crippen molar-refractivity contribution in [3.63, 3.8) is 0 Å². The highest BCUT2D eigenvalue weighted by molar-refractivity contribution is 7.90. The molecular weight excluding hydrogens is 206 g/mol. The summed E-state index contributed by atoms with van der Waals surface area (Å²) in [7, 11) is -1.62. The van der Waals surface area contributed by atoms with Gasteiger partial charge in [-0.15, -0.1) is 0 Å². The summed E-state index contributed by atoms with van der Waals surface area (Å²) in [5.74, 6) is 0. The highest BCUT2D eigenvalue weighted by Crippen LogP contribution is 2.14. The summed E-state index contributed by atoms with van der Waals surface area (Å²) in [5, 5.41) is -0.298. The number of hydrogen-bond acceptors (Lipinski definition) is 4. The maximum absolute atomic E-state index is 11.6. The van der Waals surface area contributed by atoms with Gasteiger partial charge in [0.25, 0.3) is 0 Å². The fourth-order valence-electron chi connectivity index (χ4n) is 1.39. The van der Waals surface area contributed by atoms with Crippen LogP contribution >= 0.6 is 0 Å². The Morgan fingerprint density at radius 1 is 1.43 bits per heavy atom. The SMILES string of the molecule is COCCNS(=O)(=O)C1CCOCC1. The first-order valence-corrected chi connectivity index (χ1v) is 6.26. The zero-order chi connectivity index (χ0) is 10.4. The van der Waals surface area contributed by atoms with Crippen LogP contribution in [0.15, 0.2) is 0 Å². The zero-order valence-electron chi connectivity index (χ0n) is 8.36. The lowest BCUT2D eigenvalue weighted by Crippen LogP contribution is -2.39. The van der Waals surface area contributed by atoms with Crippen LogP contribution in [0.3, 0.4) is 0 Å². The highest BCUT2D eigenvalue weighted by Gasteiger charge is 2.26. The molecule has 1 fully saturated rings. The highest BCUT2D eigenvalue weighted by atomic mass is 32.2. The van der Waals surface area contributed by atoms with E-state index in [1.807, 2.05) is 0 Å². The Bertz CT molecular complexity index is 246. The van der Waals surface area contributed by atoms with Gasteiger partial charge in [0.2, 0.25) is 10.0 Å². The molecular formula is C8H17NO4S. The van der Waals surface area contributed by atoms with Gasteiger partial charge in [0, 0.05) is 26.9 Å². The number of rotatable bonds is 5. The fourth-order valence-corrected chi connectivity index (χ4v) is 2.81. The van der Waals surface area contributed by atoms with E-state index < -0.39 is 10.0 Å². The van der Waals surface area contributed by atoms with E-state index in [4.69, 9.17) is 9.47 Å². The molecule has 5 nitrogen and oxygen atoms in total. The first-order valence-electron chi connectivity index (χ1n) is 4.72. The van der Waals surface area contributed by atoms with Crippen molar-refractivity contribution in [3.8, 4) is 0 Å². The van der Waals surface area contributed by atoms with Crippen LogP contribution in [0.25, 0.3) is 0 Å². The standard InChI is InChI=1S/C8H17NO4S/c1-12-7-4-9-14(10,11)8-2-5-13-6-3-8/h8-9H,2-7H2,1H3. The Labute approximate surface area is 84.8 Å². The van der Waals surface area contributed by atoms with Crippen LogP contribution in [0.4, 0.5) is 0 Å². The van der Waals surface area contributed by atoms with Gasteiger partial charge in [-0.1, -0.05) is 0 Å². The normalized spacial score (nSPS) is 19.8. The molecule has 84 valence electrons. The van der Waals surface area contributed by atoms with Gasteiger partial charge < -0.3 is 9.47 Å². The molecule has 1 saturated heterocycles. The minimum Gasteiger partial charge on any atom is -0.383 e. The summed E-state index contributed by atoms with van der Waals surface area (Å²) >= 11 is 0. The third kappa shape index (κ3) is 3.53. The first kappa shape index (κ1) is 11.9. The number of methoxy groups -OCH3 is 1. The molecule has 0 atom stereocenters. The summed E-state index contributed by atoms with van der Waals surface area (Å²) in [6.07, 6.45) is 1.17. The van der Waals surface area contributed by atoms with E-state index >= 15 is 0 Å². The predicted molar refractivity (Wildman–Crippen MR) is 52.6 cm³/mol. The monoisotopic (exact) mass is 223 g/mol. The summed E-state index contributed by atoms with van der Waals surface area (Å²) in [5.41, 5.74) is 0. The second-order valence-electron chi connectivity index (χ2n) is 3.24. The molecule has 1 aliphatic rings. The van der Waals surface area contributed by atoms with Crippen molar-refractivity contribution in [1.82, 2.24) is 4.72 Å². The Balaban J connectivity index is 2.38. The molecule has 0 saturated carbocycles. The van der Waals surface area contributed by atoms with Crippen molar-refractivity contribution >= 4 is 10.0 Å². The maximum Gasteiger partial charge on any atom is 0.214 e. The lowest BCUT2D eigenvalue weighted by Gasteiger charge is -2.22. The van der Waals surface area contributed by atoms with Crippen molar-refractivity contribution < 1.29 is 17.9 Å². The fraction of sp³-hybridized carbons (Fsp3) is 1.00. The van der Waals surface area contributed by atoms with Crippen LogP contribution < -0.4 is 4.72 Å². The summed E-state index contributed by atoms with van der Waals surface area (Å²) in [6, 6.07) is 0. The molecule has 0 aromatic heterocycles. The Morgan fingerprint density at radius 3 is 2.64 bits per heavy atom. The maximum atomic E-state index is 11.6. The van der Waals surface area contributed by atoms with E-state index in [-0.39, 0.29) is 5.25 Å². The smallest absolute Gasteiger partial charge is 0.214 e. The average molecular weight is 223 g/mol. The topological polar surface area (TPSA) is 64.6 Å². The van der Waals surface area contributed by atoms with Crippen molar-refractivity contribution in [2.75, 3.05) is 33.5 Å². The molecule has 0 radical (unpaired) electrons. The van der Waals surface area contributed by atoms with Gasteiger partial charge in [0.1, 0.15) is 0 Å². The molecule has 1 heterocycles. The quantitative estimate of drug-likeness (QED) is 0.652. The Morgan fingerprint density at radius 2 is 2.07 bits per heavy atom. The van der Waals surface area contributed by atoms with Gasteiger partial charge >= 0.3 is 0 Å². The van der Waals surface area contributed by atoms with Crippen molar-refractivity contribution in [2.24, 2.45) is 0 Å². The molecule has 0 spiro atoms. The Kier molecular flexibility index (Phi) is 4.80. The zero-order valence-corrected chi connectivity index (χ0v) is 9.18. The van der Waals surface area contributed by atoms with Crippen LogP contribution in [0.1, 0.15) is 12.8 Å². The average Bonchev–Trinajstić information content (AvgIpc) is 2.19. The van der Waals surface area contributed by atoms with Gasteiger partial charge in [0.05, 0.1) is 11.9 Å². The molecule has 0 bridgehead atoms. The van der Waals surface area contributed by atoms with E-state index in [1.54, 1.807) is 7.11 Å². The third-order valence-electron chi connectivity index (χ3n) is 2.22. The first-order chi connectivity index (χ1) is 6.67. The number of sulfonamides is 1. The van der Waals surface area contributed by atoms with Crippen molar-refractivity contribution in [2.45, 2.75) is 18.1 Å². The summed E-state index contributed by atoms with van der Waals surface area (Å²) in [6.45, 7) is 1.82. The van der Waals surface area contributed by atoms with E-state index in [2.05, 4.69) is 4.72 Å². The molecule has 0 amide bonds. The predicted octanol–water partition coefficient (Wildman–Crippen LogP) is -0.269. The third-order valence-corrected chi connectivity index (χ3v) is 4.17. The van der Waals surface area contributed by atoms with Crippen molar-refractivity contribution in [3.05, 3.63) is 0 Å². The van der Waals surface area contributed by atoms with Crippen LogP contribution in [0.2, 0.25) is 0 Å². The lowest BCUT2D eigenvalue weighted by molar-refractivity contribution is 0.0981. The molecule has 6 heteroatoms. The van der Waals surface area contributed by atoms with E-state index in [0.717, 1.165) is 0 Å². The molecule has 1 rings (SSSR count). The summed E-state index contributed by atoms with van der Waals surface area (Å²) in [4.78, 5) is 0. The van der Waals surface area contributed by atoms with Gasteiger partial charge in [0.15, 0.2) is 0 Å². The van der Waals surface area contributed by atoms with Gasteiger partial charge in [-0.25, -0.2) is 13.1 Å². The lowest BCUT2D eigenvalue weighted by atomic mass is 10.2. The molecule has 0 aromatic rings. The number of ether oxygens (including phenoxy) is 2. The van der Waals surface area contributed by atoms with Gasteiger partial charge in [-0.2, -0.15) is 0 Å². The van der Waals surface area contributed by atoms with Crippen molar-refractivity contribution in [1.29, 1.82) is 0 Å². The second kappa shape index (κ2) is 5.65. The molecule has 1 N–H and O–H groups in total. The van der Waals surface area contributed by atoms with Crippen LogP contribution in [-0.4, -0.2) is 47.1 Å². The van der Waals surface area contributed by atoms with Crippen LogP contribution in [-0.2, 0) is 19.5 Å². The van der Waals surface area contributed by atoms with E-state index in [9.17, 15) is 8.42 Å². The van der Waals surface area contributed by atoms with E-state index in [1.165, 1.54) is 0 Å². The molecule has 1 aliphatic heterocycles. The number of hydrogen-bond donors (Lipinski definition) is 1. The minimum absolute atomic E-state index is 0.298. The molecule has 0 aliphatic carbocycles. The van der Waals surface area contributed by atoms with Gasteiger partial charge in [-0.3, -0.25) is 0 Å². The Hall–Kier alpha value is -0.170. The summed E-state index contributed by atoms with van der Waals surface area (Å²) < 4.78 is 35.7. The molecule has 0 aromatic carbocycles. The van der Waals surface area contributed by atoms with Crippen LogP contribution in [0.5, 0.6) is 0 Å². The largest absolute Gasteiger partial charge is 0.383 e. The van der Waals surface area contributed by atoms with Crippen LogP contribution in [0, 0.1) is 0 Å². The number of nitrogens with one attached hydrogen (secondary N) is 1. The van der Waals surface area contributed by atoms with Gasteiger partial charge in [-0.05, 0) is 12.8 Å². The minimum atomic E-state index is -3.17. The molecule has 0 unspecified atom stereocenters.